The normalized spacial score (nSPS) is 28.0. The van der Waals surface area contributed by atoms with Crippen molar-refractivity contribution in [2.45, 2.75) is 64.8 Å². The number of rotatable bonds is 2. The van der Waals surface area contributed by atoms with Crippen LogP contribution in [0.5, 0.6) is 5.75 Å². The summed E-state index contributed by atoms with van der Waals surface area (Å²) in [4.78, 5) is 11.5. The minimum absolute atomic E-state index is 0.0404. The Kier molecular flexibility index (Phi) is 4.50. The van der Waals surface area contributed by atoms with Gasteiger partial charge in [0.25, 0.3) is 0 Å². The third kappa shape index (κ3) is 3.10. The lowest BCUT2D eigenvalue weighted by Gasteiger charge is -2.50. The van der Waals surface area contributed by atoms with Crippen LogP contribution in [0.2, 0.25) is 0 Å². The third-order valence-corrected chi connectivity index (χ3v) is 6.59. The van der Waals surface area contributed by atoms with Crippen LogP contribution in [0.25, 0.3) is 0 Å². The van der Waals surface area contributed by atoms with E-state index in [1.165, 1.54) is 16.7 Å². The number of aromatic carboxylic acids is 1. The van der Waals surface area contributed by atoms with Crippen LogP contribution in [-0.4, -0.2) is 22.8 Å². The van der Waals surface area contributed by atoms with Crippen molar-refractivity contribution in [1.82, 2.24) is 0 Å². The number of carboxylic acids is 1. The molecule has 0 amide bonds. The molecule has 0 spiro atoms. The number of hydrogen-bond donors (Lipinski definition) is 1. The number of benzene rings is 2. The zero-order chi connectivity index (χ0) is 20.2. The lowest BCUT2D eigenvalue weighted by Crippen LogP contribution is -2.50. The zero-order valence-electron chi connectivity index (χ0n) is 17.2. The van der Waals surface area contributed by atoms with Gasteiger partial charge in [0.05, 0.1) is 17.8 Å². The Hall–Kier alpha value is -2.33. The standard InChI is InChI=1S/C24H28O4/c1-13-6-7-16(10-14(13)2)18-12-20-22(27-15(18)3)19-11-17(23(25)26)8-9-21(19)28-24(20,4)5/h6-11,15,18,20,22H,12H2,1-5H3,(H,25,26)/t15-,18-,20-,22+/m0/s1. The molecule has 0 bridgehead atoms. The van der Waals surface area contributed by atoms with E-state index in [2.05, 4.69) is 52.8 Å². The Morgan fingerprint density at radius 3 is 2.54 bits per heavy atom. The molecule has 4 heteroatoms. The molecule has 2 aliphatic heterocycles. The maximum Gasteiger partial charge on any atom is 0.335 e. The molecule has 148 valence electrons. The highest BCUT2D eigenvalue weighted by molar-refractivity contribution is 5.88. The van der Waals surface area contributed by atoms with E-state index in [9.17, 15) is 9.90 Å². The smallest absolute Gasteiger partial charge is 0.335 e. The first kappa shape index (κ1) is 19.0. The van der Waals surface area contributed by atoms with Crippen LogP contribution in [0.4, 0.5) is 0 Å². The van der Waals surface area contributed by atoms with Gasteiger partial charge in [-0.25, -0.2) is 4.79 Å². The molecule has 0 unspecified atom stereocenters. The van der Waals surface area contributed by atoms with Gasteiger partial charge in [-0.2, -0.15) is 0 Å². The molecule has 2 aromatic rings. The van der Waals surface area contributed by atoms with Crippen LogP contribution in [0.15, 0.2) is 36.4 Å². The summed E-state index contributed by atoms with van der Waals surface area (Å²) in [5, 5.41) is 9.39. The van der Waals surface area contributed by atoms with Crippen molar-refractivity contribution in [2.24, 2.45) is 5.92 Å². The summed E-state index contributed by atoms with van der Waals surface area (Å²) in [6.45, 7) is 10.6. The fourth-order valence-corrected chi connectivity index (χ4v) is 4.71. The molecular weight excluding hydrogens is 352 g/mol. The summed E-state index contributed by atoms with van der Waals surface area (Å²) in [7, 11) is 0. The van der Waals surface area contributed by atoms with Crippen molar-refractivity contribution in [1.29, 1.82) is 0 Å². The first-order chi connectivity index (χ1) is 13.2. The molecule has 4 rings (SSSR count). The highest BCUT2D eigenvalue weighted by atomic mass is 16.5. The number of carboxylic acid groups (broad SMARTS) is 1. The van der Waals surface area contributed by atoms with Crippen LogP contribution >= 0.6 is 0 Å². The Balaban J connectivity index is 1.72. The number of carbonyl (C=O) groups is 1. The highest BCUT2D eigenvalue weighted by Gasteiger charge is 2.50. The molecule has 4 atom stereocenters. The molecule has 2 heterocycles. The topological polar surface area (TPSA) is 55.8 Å². The van der Waals surface area contributed by atoms with E-state index >= 15 is 0 Å². The molecule has 1 fully saturated rings. The Bertz CT molecular complexity index is 930. The number of aryl methyl sites for hydroxylation is 2. The SMILES string of the molecule is Cc1ccc([C@H]2C[C@H]3[C@H](O[C@H]2C)c2cc(C(=O)O)ccc2OC3(C)C)cc1C. The van der Waals surface area contributed by atoms with Gasteiger partial charge in [0.15, 0.2) is 0 Å². The van der Waals surface area contributed by atoms with Gasteiger partial charge in [-0.3, -0.25) is 0 Å². The average Bonchev–Trinajstić information content (AvgIpc) is 2.63. The van der Waals surface area contributed by atoms with Crippen molar-refractivity contribution in [3.8, 4) is 5.75 Å². The molecule has 2 aliphatic rings. The fraction of sp³-hybridized carbons (Fsp3) is 0.458. The average molecular weight is 380 g/mol. The quantitative estimate of drug-likeness (QED) is 0.755. The summed E-state index contributed by atoms with van der Waals surface area (Å²) >= 11 is 0. The lowest BCUT2D eigenvalue weighted by molar-refractivity contribution is -0.153. The van der Waals surface area contributed by atoms with Crippen molar-refractivity contribution in [3.63, 3.8) is 0 Å². The number of hydrogen-bond acceptors (Lipinski definition) is 3. The minimum atomic E-state index is -0.930. The second-order valence-electron chi connectivity index (χ2n) is 8.82. The highest BCUT2D eigenvalue weighted by Crippen LogP contribution is 2.53. The zero-order valence-corrected chi connectivity index (χ0v) is 17.2. The molecular formula is C24H28O4. The molecule has 0 aromatic heterocycles. The first-order valence-electron chi connectivity index (χ1n) is 9.96. The predicted molar refractivity (Wildman–Crippen MR) is 108 cm³/mol. The molecule has 28 heavy (non-hydrogen) atoms. The van der Waals surface area contributed by atoms with Crippen LogP contribution in [0.3, 0.4) is 0 Å². The van der Waals surface area contributed by atoms with Crippen LogP contribution < -0.4 is 4.74 Å². The van der Waals surface area contributed by atoms with E-state index in [4.69, 9.17) is 9.47 Å². The summed E-state index contributed by atoms with van der Waals surface area (Å²) in [6.07, 6.45) is 0.826. The maximum atomic E-state index is 11.5. The molecule has 1 N–H and O–H groups in total. The van der Waals surface area contributed by atoms with E-state index < -0.39 is 5.97 Å². The van der Waals surface area contributed by atoms with Crippen molar-refractivity contribution < 1.29 is 19.4 Å². The van der Waals surface area contributed by atoms with Gasteiger partial charge in [-0.1, -0.05) is 18.2 Å². The Labute approximate surface area is 166 Å². The van der Waals surface area contributed by atoms with Gasteiger partial charge >= 0.3 is 5.97 Å². The first-order valence-corrected chi connectivity index (χ1v) is 9.96. The second-order valence-corrected chi connectivity index (χ2v) is 8.82. The second kappa shape index (κ2) is 6.63. The van der Waals surface area contributed by atoms with Gasteiger partial charge in [0.1, 0.15) is 11.4 Å². The van der Waals surface area contributed by atoms with E-state index in [0.717, 1.165) is 17.7 Å². The van der Waals surface area contributed by atoms with Crippen molar-refractivity contribution >= 4 is 5.97 Å². The van der Waals surface area contributed by atoms with E-state index in [1.807, 2.05) is 0 Å². The van der Waals surface area contributed by atoms with Crippen molar-refractivity contribution in [3.05, 3.63) is 64.2 Å². The molecule has 4 nitrogen and oxygen atoms in total. The largest absolute Gasteiger partial charge is 0.487 e. The van der Waals surface area contributed by atoms with Gasteiger partial charge < -0.3 is 14.6 Å². The molecule has 0 saturated carbocycles. The summed E-state index contributed by atoms with van der Waals surface area (Å²) in [5.41, 5.74) is 4.63. The monoisotopic (exact) mass is 380 g/mol. The van der Waals surface area contributed by atoms with Gasteiger partial charge in [-0.15, -0.1) is 0 Å². The van der Waals surface area contributed by atoms with Gasteiger partial charge in [0.2, 0.25) is 0 Å². The number of fused-ring (bicyclic) bond motifs is 3. The molecule has 0 radical (unpaired) electrons. The summed E-state index contributed by atoms with van der Waals surface area (Å²) in [6, 6.07) is 11.7. The van der Waals surface area contributed by atoms with Crippen LogP contribution in [0.1, 0.15) is 71.8 Å². The Morgan fingerprint density at radius 2 is 1.86 bits per heavy atom. The van der Waals surface area contributed by atoms with Gasteiger partial charge in [0, 0.05) is 17.4 Å². The minimum Gasteiger partial charge on any atom is -0.487 e. The van der Waals surface area contributed by atoms with E-state index in [-0.39, 0.29) is 35.2 Å². The van der Waals surface area contributed by atoms with E-state index in [1.54, 1.807) is 18.2 Å². The summed E-state index contributed by atoms with van der Waals surface area (Å²) < 4.78 is 12.9. The molecule has 1 saturated heterocycles. The van der Waals surface area contributed by atoms with Crippen molar-refractivity contribution in [2.75, 3.05) is 0 Å². The van der Waals surface area contributed by atoms with Gasteiger partial charge in [-0.05, 0) is 75.9 Å². The van der Waals surface area contributed by atoms with Crippen LogP contribution in [0, 0.1) is 19.8 Å². The predicted octanol–water partition coefficient (Wildman–Crippen LogP) is 5.42. The molecule has 0 aliphatic carbocycles. The fourth-order valence-electron chi connectivity index (χ4n) is 4.71. The lowest BCUT2D eigenvalue weighted by atomic mass is 9.70. The summed E-state index contributed by atoms with van der Waals surface area (Å²) in [5.74, 6) is 0.230. The number of ether oxygens (including phenoxy) is 2. The Morgan fingerprint density at radius 1 is 1.11 bits per heavy atom. The van der Waals surface area contributed by atoms with E-state index in [0.29, 0.717) is 0 Å². The van der Waals surface area contributed by atoms with Crippen LogP contribution in [-0.2, 0) is 4.74 Å². The third-order valence-electron chi connectivity index (χ3n) is 6.59. The maximum absolute atomic E-state index is 11.5. The molecule has 2 aromatic carbocycles.